The number of hydrogen-bond acceptors (Lipinski definition) is 3. The average molecular weight is 432 g/mol. The fourth-order valence-electron chi connectivity index (χ4n) is 1.54. The highest BCUT2D eigenvalue weighted by Crippen LogP contribution is 2.29. The molecule has 11 heteroatoms. The molecule has 1 aromatic rings. The molecule has 1 aromatic carbocycles. The van der Waals surface area contributed by atoms with E-state index in [0.29, 0.717) is 11.4 Å². The SMILES string of the molecule is CC(=O)Nc1ccc(NC(=S)N[C@H](NC(=O)CCl)C(Cl)(Cl)Cl)cc1. The average Bonchev–Trinajstić information content (AvgIpc) is 2.47. The van der Waals surface area contributed by atoms with Gasteiger partial charge >= 0.3 is 0 Å². The van der Waals surface area contributed by atoms with Crippen LogP contribution in [0.15, 0.2) is 24.3 Å². The standard InChI is InChI=1S/C13H14Cl4N4O2S/c1-7(22)18-8-2-4-9(5-3-8)19-12(24)21-11(13(15,16)17)20-10(23)6-14/h2-5,11H,6H2,1H3,(H,18,22)(H,20,23)(H2,19,21,24)/t11-/m0/s1. The number of rotatable bonds is 5. The maximum atomic E-state index is 11.4. The number of halogens is 4. The van der Waals surface area contributed by atoms with Crippen molar-refractivity contribution < 1.29 is 9.59 Å². The van der Waals surface area contributed by atoms with Gasteiger partial charge in [-0.2, -0.15) is 0 Å². The van der Waals surface area contributed by atoms with E-state index in [-0.39, 0.29) is 16.9 Å². The van der Waals surface area contributed by atoms with Crippen molar-refractivity contribution in [3.05, 3.63) is 24.3 Å². The van der Waals surface area contributed by atoms with Crippen molar-refractivity contribution in [2.24, 2.45) is 0 Å². The van der Waals surface area contributed by atoms with Gasteiger partial charge in [0, 0.05) is 18.3 Å². The zero-order valence-corrected chi connectivity index (χ0v) is 16.2. The number of carbonyl (C=O) groups is 2. The van der Waals surface area contributed by atoms with E-state index in [9.17, 15) is 9.59 Å². The first-order valence-electron chi connectivity index (χ1n) is 6.49. The quantitative estimate of drug-likeness (QED) is 0.327. The van der Waals surface area contributed by atoms with Crippen LogP contribution in [0.2, 0.25) is 0 Å². The number of amides is 2. The van der Waals surface area contributed by atoms with Gasteiger partial charge in [-0.15, -0.1) is 11.6 Å². The summed E-state index contributed by atoms with van der Waals surface area (Å²) in [6.45, 7) is 1.41. The molecule has 1 atom stereocenters. The van der Waals surface area contributed by atoms with E-state index in [1.165, 1.54) is 6.92 Å². The van der Waals surface area contributed by atoms with Crippen LogP contribution in [0.3, 0.4) is 0 Å². The minimum atomic E-state index is -1.84. The van der Waals surface area contributed by atoms with Crippen LogP contribution >= 0.6 is 58.6 Å². The highest BCUT2D eigenvalue weighted by atomic mass is 35.6. The number of anilines is 2. The Bertz CT molecular complexity index is 607. The first-order valence-corrected chi connectivity index (χ1v) is 8.56. The second kappa shape index (κ2) is 9.48. The van der Waals surface area contributed by atoms with E-state index in [2.05, 4.69) is 21.3 Å². The topological polar surface area (TPSA) is 82.3 Å². The number of nitrogens with one attached hydrogen (secondary N) is 4. The molecule has 24 heavy (non-hydrogen) atoms. The lowest BCUT2D eigenvalue weighted by atomic mass is 10.3. The Labute approximate surface area is 164 Å². The molecule has 2 amide bonds. The maximum Gasteiger partial charge on any atom is 0.236 e. The molecular formula is C13H14Cl4N4O2S. The molecular weight excluding hydrogens is 418 g/mol. The Morgan fingerprint density at radius 3 is 2.00 bits per heavy atom. The third-order valence-electron chi connectivity index (χ3n) is 2.49. The summed E-state index contributed by atoms with van der Waals surface area (Å²) >= 11 is 27.9. The highest BCUT2D eigenvalue weighted by molar-refractivity contribution is 7.80. The van der Waals surface area contributed by atoms with Crippen LogP contribution in [0.4, 0.5) is 11.4 Å². The summed E-state index contributed by atoms with van der Waals surface area (Å²) in [7, 11) is 0. The summed E-state index contributed by atoms with van der Waals surface area (Å²) in [5.41, 5.74) is 1.27. The Kier molecular flexibility index (Phi) is 8.32. The lowest BCUT2D eigenvalue weighted by molar-refractivity contribution is -0.119. The fraction of sp³-hybridized carbons (Fsp3) is 0.308. The molecule has 0 aliphatic heterocycles. The van der Waals surface area contributed by atoms with Crippen molar-refractivity contribution in [3.8, 4) is 0 Å². The number of benzene rings is 1. The Balaban J connectivity index is 2.68. The van der Waals surface area contributed by atoms with Crippen LogP contribution < -0.4 is 21.3 Å². The smallest absolute Gasteiger partial charge is 0.236 e. The summed E-state index contributed by atoms with van der Waals surface area (Å²) in [5, 5.41) is 10.7. The molecule has 0 radical (unpaired) electrons. The lowest BCUT2D eigenvalue weighted by Crippen LogP contribution is -2.56. The molecule has 0 saturated carbocycles. The molecule has 132 valence electrons. The van der Waals surface area contributed by atoms with Crippen LogP contribution in [0.5, 0.6) is 0 Å². The zero-order chi connectivity index (χ0) is 18.3. The van der Waals surface area contributed by atoms with Crippen molar-refractivity contribution in [1.82, 2.24) is 10.6 Å². The largest absolute Gasteiger partial charge is 0.339 e. The maximum absolute atomic E-state index is 11.4. The second-order valence-electron chi connectivity index (χ2n) is 4.53. The first kappa shape index (κ1) is 21.1. The number of hydrogen-bond donors (Lipinski definition) is 4. The number of thiocarbonyl (C=S) groups is 1. The first-order chi connectivity index (χ1) is 11.1. The molecule has 0 unspecified atom stereocenters. The molecule has 0 spiro atoms. The molecule has 0 saturated heterocycles. The minimum Gasteiger partial charge on any atom is -0.339 e. The molecule has 0 aliphatic rings. The van der Waals surface area contributed by atoms with Gasteiger partial charge in [0.25, 0.3) is 0 Å². The van der Waals surface area contributed by atoms with E-state index < -0.39 is 15.9 Å². The predicted octanol–water partition coefficient (Wildman–Crippen LogP) is 2.98. The van der Waals surface area contributed by atoms with Gasteiger partial charge in [0.1, 0.15) is 12.0 Å². The van der Waals surface area contributed by atoms with Crippen molar-refractivity contribution >= 4 is 86.9 Å². The van der Waals surface area contributed by atoms with Crippen LogP contribution in [-0.2, 0) is 9.59 Å². The monoisotopic (exact) mass is 430 g/mol. The Morgan fingerprint density at radius 2 is 1.58 bits per heavy atom. The molecule has 0 aliphatic carbocycles. The number of carbonyl (C=O) groups excluding carboxylic acids is 2. The zero-order valence-electron chi connectivity index (χ0n) is 12.3. The molecule has 0 aromatic heterocycles. The fourth-order valence-corrected chi connectivity index (χ4v) is 2.18. The summed E-state index contributed by atoms with van der Waals surface area (Å²) in [6, 6.07) is 6.77. The third-order valence-corrected chi connectivity index (χ3v) is 3.61. The van der Waals surface area contributed by atoms with Gasteiger partial charge in [0.05, 0.1) is 0 Å². The van der Waals surface area contributed by atoms with Gasteiger partial charge in [-0.05, 0) is 36.5 Å². The number of alkyl halides is 4. The molecule has 0 heterocycles. The van der Waals surface area contributed by atoms with E-state index in [1.807, 2.05) is 0 Å². The van der Waals surface area contributed by atoms with Crippen molar-refractivity contribution in [2.75, 3.05) is 16.5 Å². The van der Waals surface area contributed by atoms with E-state index in [1.54, 1.807) is 24.3 Å². The van der Waals surface area contributed by atoms with Gasteiger partial charge in [-0.25, -0.2) is 0 Å². The summed E-state index contributed by atoms with van der Waals surface area (Å²) in [6.07, 6.45) is -1.08. The summed E-state index contributed by atoms with van der Waals surface area (Å²) in [5.74, 6) is -0.986. The van der Waals surface area contributed by atoms with E-state index >= 15 is 0 Å². The van der Waals surface area contributed by atoms with Crippen molar-refractivity contribution in [1.29, 1.82) is 0 Å². The van der Waals surface area contributed by atoms with E-state index in [0.717, 1.165) is 0 Å². The molecule has 6 nitrogen and oxygen atoms in total. The van der Waals surface area contributed by atoms with Crippen LogP contribution in [0.25, 0.3) is 0 Å². The minimum absolute atomic E-state index is 0.119. The van der Waals surface area contributed by atoms with Gasteiger partial charge in [-0.1, -0.05) is 34.8 Å². The van der Waals surface area contributed by atoms with Gasteiger partial charge < -0.3 is 21.3 Å². The van der Waals surface area contributed by atoms with Gasteiger partial charge in [0.2, 0.25) is 15.6 Å². The van der Waals surface area contributed by atoms with E-state index in [4.69, 9.17) is 58.6 Å². The van der Waals surface area contributed by atoms with Crippen LogP contribution in [0, 0.1) is 0 Å². The third kappa shape index (κ3) is 7.72. The van der Waals surface area contributed by atoms with Crippen molar-refractivity contribution in [3.63, 3.8) is 0 Å². The molecule has 4 N–H and O–H groups in total. The Hall–Kier alpha value is -0.990. The van der Waals surface area contributed by atoms with Crippen LogP contribution in [0.1, 0.15) is 6.92 Å². The van der Waals surface area contributed by atoms with Gasteiger partial charge in [-0.3, -0.25) is 9.59 Å². The normalized spacial score (nSPS) is 12.0. The molecule has 0 fully saturated rings. The second-order valence-corrected chi connectivity index (χ2v) is 7.58. The highest BCUT2D eigenvalue weighted by Gasteiger charge is 2.34. The molecule has 1 rings (SSSR count). The van der Waals surface area contributed by atoms with Crippen molar-refractivity contribution in [2.45, 2.75) is 16.9 Å². The van der Waals surface area contributed by atoms with Gasteiger partial charge in [0.15, 0.2) is 5.11 Å². The molecule has 0 bridgehead atoms. The lowest BCUT2D eigenvalue weighted by Gasteiger charge is -2.27. The Morgan fingerprint density at radius 1 is 1.08 bits per heavy atom. The summed E-state index contributed by atoms with van der Waals surface area (Å²) in [4.78, 5) is 22.3. The summed E-state index contributed by atoms with van der Waals surface area (Å²) < 4.78 is -1.84. The predicted molar refractivity (Wildman–Crippen MR) is 103 cm³/mol. The van der Waals surface area contributed by atoms with Crippen LogP contribution in [-0.4, -0.2) is 32.8 Å².